The molecule has 2 fully saturated rings. The van der Waals surface area contributed by atoms with Crippen LogP contribution in [0.15, 0.2) is 36.4 Å². The molecular formula is C31H50O. The molecule has 1 nitrogen and oxygen atoms in total. The number of rotatable bonds is 13. The molecule has 0 spiro atoms. The zero-order valence-corrected chi connectivity index (χ0v) is 21.2. The second-order valence-electron chi connectivity index (χ2n) is 10.9. The van der Waals surface area contributed by atoms with Crippen molar-refractivity contribution in [2.24, 2.45) is 23.7 Å². The Kier molecular flexibility index (Phi) is 11.8. The molecule has 0 bridgehead atoms. The predicted molar refractivity (Wildman–Crippen MR) is 139 cm³/mol. The van der Waals surface area contributed by atoms with E-state index in [-0.39, 0.29) is 0 Å². The molecule has 1 heteroatoms. The minimum atomic E-state index is 0.704. The summed E-state index contributed by atoms with van der Waals surface area (Å²) in [5, 5.41) is 0. The topological polar surface area (TPSA) is 9.23 Å². The van der Waals surface area contributed by atoms with E-state index in [1.54, 1.807) is 0 Å². The highest BCUT2D eigenvalue weighted by Crippen LogP contribution is 2.34. The fraction of sp³-hybridized carbons (Fsp3) is 0.742. The molecule has 0 aromatic heterocycles. The van der Waals surface area contributed by atoms with Crippen molar-refractivity contribution in [1.29, 1.82) is 0 Å². The first-order valence-electron chi connectivity index (χ1n) is 14.1. The van der Waals surface area contributed by atoms with Crippen LogP contribution >= 0.6 is 0 Å². The van der Waals surface area contributed by atoms with Crippen molar-refractivity contribution in [1.82, 2.24) is 0 Å². The lowest BCUT2D eigenvalue weighted by Gasteiger charge is -2.28. The normalized spacial score (nSPS) is 26.4. The third-order valence-corrected chi connectivity index (χ3v) is 8.29. The van der Waals surface area contributed by atoms with Gasteiger partial charge in [0.25, 0.3) is 0 Å². The van der Waals surface area contributed by atoms with Gasteiger partial charge in [0, 0.05) is 0 Å². The fourth-order valence-electron chi connectivity index (χ4n) is 6.08. The minimum absolute atomic E-state index is 0.704. The van der Waals surface area contributed by atoms with Gasteiger partial charge in [-0.2, -0.15) is 0 Å². The molecule has 0 heterocycles. The van der Waals surface area contributed by atoms with E-state index in [0.29, 0.717) is 6.61 Å². The SMILES string of the molecule is CCCCCC1CCC(CCc2ccc(OCC=CC3CCC(CCC)CC3)cc2)CC1. The smallest absolute Gasteiger partial charge is 0.119 e. The first-order valence-corrected chi connectivity index (χ1v) is 14.1. The molecule has 0 unspecified atom stereocenters. The lowest BCUT2D eigenvalue weighted by Crippen LogP contribution is -2.15. The van der Waals surface area contributed by atoms with Gasteiger partial charge in [0.1, 0.15) is 12.4 Å². The molecule has 0 N–H and O–H groups in total. The van der Waals surface area contributed by atoms with Gasteiger partial charge in [-0.25, -0.2) is 0 Å². The van der Waals surface area contributed by atoms with Gasteiger partial charge in [-0.3, -0.25) is 0 Å². The molecule has 1 aromatic carbocycles. The second kappa shape index (κ2) is 14.8. The van der Waals surface area contributed by atoms with Gasteiger partial charge < -0.3 is 4.74 Å². The Bertz CT molecular complexity index is 614. The summed E-state index contributed by atoms with van der Waals surface area (Å²) < 4.78 is 5.97. The quantitative estimate of drug-likeness (QED) is 0.220. The number of ether oxygens (including phenoxy) is 1. The lowest BCUT2D eigenvalue weighted by molar-refractivity contribution is 0.249. The van der Waals surface area contributed by atoms with E-state index in [9.17, 15) is 0 Å². The number of benzene rings is 1. The molecule has 2 aliphatic rings. The highest BCUT2D eigenvalue weighted by Gasteiger charge is 2.21. The van der Waals surface area contributed by atoms with Gasteiger partial charge in [0.2, 0.25) is 0 Å². The van der Waals surface area contributed by atoms with Gasteiger partial charge in [-0.15, -0.1) is 0 Å². The molecule has 2 aliphatic carbocycles. The molecule has 0 radical (unpaired) electrons. The maximum Gasteiger partial charge on any atom is 0.119 e. The standard InChI is InChI=1S/C31H50O/c1-3-5-6-9-27-15-17-29(18-16-27)19-20-30-21-23-31(24-22-30)32-25-7-10-28-13-11-26(8-4-2)12-14-28/h7,10,21-24,26-29H,3-6,8-9,11-20,25H2,1-2H3. The van der Waals surface area contributed by atoms with Gasteiger partial charge in [0.15, 0.2) is 0 Å². The van der Waals surface area contributed by atoms with Crippen LogP contribution in [0.2, 0.25) is 0 Å². The van der Waals surface area contributed by atoms with E-state index < -0.39 is 0 Å². The van der Waals surface area contributed by atoms with E-state index in [0.717, 1.165) is 29.4 Å². The van der Waals surface area contributed by atoms with Crippen LogP contribution in [0.5, 0.6) is 5.75 Å². The summed E-state index contributed by atoms with van der Waals surface area (Å²) >= 11 is 0. The van der Waals surface area contributed by atoms with Crippen molar-refractivity contribution in [3.8, 4) is 5.75 Å². The zero-order chi connectivity index (χ0) is 22.4. The first kappa shape index (κ1) is 25.4. The Hall–Kier alpha value is -1.24. The summed E-state index contributed by atoms with van der Waals surface area (Å²) in [5.41, 5.74) is 1.47. The number of allylic oxidation sites excluding steroid dienone is 1. The summed E-state index contributed by atoms with van der Waals surface area (Å²) in [6.45, 7) is 5.33. The Morgan fingerprint density at radius 2 is 1.34 bits per heavy atom. The summed E-state index contributed by atoms with van der Waals surface area (Å²) in [4.78, 5) is 0. The maximum atomic E-state index is 5.97. The lowest BCUT2D eigenvalue weighted by atomic mass is 9.78. The molecule has 0 aliphatic heterocycles. The molecular weight excluding hydrogens is 388 g/mol. The Morgan fingerprint density at radius 3 is 2.00 bits per heavy atom. The van der Waals surface area contributed by atoms with Crippen molar-refractivity contribution in [2.75, 3.05) is 6.61 Å². The van der Waals surface area contributed by atoms with Crippen molar-refractivity contribution >= 4 is 0 Å². The van der Waals surface area contributed by atoms with Crippen LogP contribution in [0.25, 0.3) is 0 Å². The minimum Gasteiger partial charge on any atom is -0.490 e. The largest absolute Gasteiger partial charge is 0.490 e. The Balaban J connectivity index is 1.27. The third kappa shape index (κ3) is 9.32. The summed E-state index contributed by atoms with van der Waals surface area (Å²) in [6, 6.07) is 8.91. The van der Waals surface area contributed by atoms with E-state index in [4.69, 9.17) is 4.74 Å². The van der Waals surface area contributed by atoms with E-state index >= 15 is 0 Å². The number of unbranched alkanes of at least 4 members (excludes halogenated alkanes) is 2. The van der Waals surface area contributed by atoms with Crippen LogP contribution < -0.4 is 4.74 Å². The number of aryl methyl sites for hydroxylation is 1. The summed E-state index contributed by atoms with van der Waals surface area (Å²) in [6.07, 6.45) is 27.2. The van der Waals surface area contributed by atoms with Gasteiger partial charge in [-0.05, 0) is 79.9 Å². The van der Waals surface area contributed by atoms with E-state index in [1.807, 2.05) is 0 Å². The average Bonchev–Trinajstić information content (AvgIpc) is 2.83. The fourth-order valence-corrected chi connectivity index (χ4v) is 6.08. The summed E-state index contributed by atoms with van der Waals surface area (Å²) in [7, 11) is 0. The first-order chi connectivity index (χ1) is 15.8. The molecule has 1 aromatic rings. The van der Waals surface area contributed by atoms with Crippen molar-refractivity contribution in [2.45, 2.75) is 117 Å². The molecule has 0 saturated heterocycles. The van der Waals surface area contributed by atoms with Crippen LogP contribution in [0.4, 0.5) is 0 Å². The number of hydrogen-bond donors (Lipinski definition) is 0. The molecule has 2 saturated carbocycles. The highest BCUT2D eigenvalue weighted by atomic mass is 16.5. The van der Waals surface area contributed by atoms with Crippen LogP contribution in [0, 0.1) is 23.7 Å². The number of hydrogen-bond acceptors (Lipinski definition) is 1. The van der Waals surface area contributed by atoms with Gasteiger partial charge >= 0.3 is 0 Å². The summed E-state index contributed by atoms with van der Waals surface area (Å²) in [5.74, 6) is 4.76. The van der Waals surface area contributed by atoms with Gasteiger partial charge in [0.05, 0.1) is 0 Å². The van der Waals surface area contributed by atoms with Crippen LogP contribution in [0.1, 0.15) is 116 Å². The Morgan fingerprint density at radius 1 is 0.719 bits per heavy atom. The Labute approximate surface area is 199 Å². The maximum absolute atomic E-state index is 5.97. The van der Waals surface area contributed by atoms with Gasteiger partial charge in [-0.1, -0.05) is 102 Å². The second-order valence-corrected chi connectivity index (χ2v) is 10.9. The molecule has 180 valence electrons. The molecule has 3 rings (SSSR count). The van der Waals surface area contributed by atoms with E-state index in [2.05, 4.69) is 50.3 Å². The third-order valence-electron chi connectivity index (χ3n) is 8.29. The van der Waals surface area contributed by atoms with Crippen molar-refractivity contribution in [3.05, 3.63) is 42.0 Å². The molecule has 32 heavy (non-hydrogen) atoms. The van der Waals surface area contributed by atoms with Crippen LogP contribution in [-0.2, 0) is 6.42 Å². The van der Waals surface area contributed by atoms with E-state index in [1.165, 1.54) is 108 Å². The average molecular weight is 439 g/mol. The van der Waals surface area contributed by atoms with Crippen molar-refractivity contribution in [3.63, 3.8) is 0 Å². The van der Waals surface area contributed by atoms with Crippen LogP contribution in [0.3, 0.4) is 0 Å². The molecule has 0 atom stereocenters. The zero-order valence-electron chi connectivity index (χ0n) is 21.2. The predicted octanol–water partition coefficient (Wildman–Crippen LogP) is 9.55. The van der Waals surface area contributed by atoms with Crippen LogP contribution in [-0.4, -0.2) is 6.61 Å². The monoisotopic (exact) mass is 438 g/mol. The highest BCUT2D eigenvalue weighted by molar-refractivity contribution is 5.27. The molecule has 0 amide bonds. The van der Waals surface area contributed by atoms with Crippen molar-refractivity contribution < 1.29 is 4.74 Å².